The molecule has 2 aromatic carbocycles. The van der Waals surface area contributed by atoms with Gasteiger partial charge in [0.05, 0.1) is 18.2 Å². The number of benzene rings is 2. The van der Waals surface area contributed by atoms with Gasteiger partial charge in [-0.3, -0.25) is 4.79 Å². The zero-order valence-corrected chi connectivity index (χ0v) is 25.1. The SMILES string of the molecule is CC(C)CC(NC(=O)N1CCCCCC1)C(=O)NC(COC(C)(C)C)Cc1ccc(OCc2ccccc2)cc1. The van der Waals surface area contributed by atoms with E-state index < -0.39 is 6.04 Å². The summed E-state index contributed by atoms with van der Waals surface area (Å²) in [6.07, 6.45) is 5.50. The number of amides is 3. The second-order valence-electron chi connectivity index (χ2n) is 12.3. The molecule has 2 N–H and O–H groups in total. The van der Waals surface area contributed by atoms with Crippen LogP contribution in [0.1, 0.15) is 77.8 Å². The zero-order chi connectivity index (χ0) is 29.0. The first-order valence-corrected chi connectivity index (χ1v) is 14.8. The average molecular weight is 552 g/mol. The molecule has 7 heteroatoms. The average Bonchev–Trinajstić information content (AvgIpc) is 3.21. The molecule has 0 aromatic heterocycles. The molecule has 3 rings (SSSR count). The van der Waals surface area contributed by atoms with E-state index in [2.05, 4.69) is 24.5 Å². The summed E-state index contributed by atoms with van der Waals surface area (Å²) in [7, 11) is 0. The van der Waals surface area contributed by atoms with Gasteiger partial charge in [0.2, 0.25) is 5.91 Å². The lowest BCUT2D eigenvalue weighted by molar-refractivity contribution is -0.125. The van der Waals surface area contributed by atoms with Gasteiger partial charge in [-0.05, 0) is 75.6 Å². The molecule has 0 saturated carbocycles. The highest BCUT2D eigenvalue weighted by Crippen LogP contribution is 2.17. The fourth-order valence-corrected chi connectivity index (χ4v) is 4.77. The first-order chi connectivity index (χ1) is 19.1. The number of ether oxygens (including phenoxy) is 2. The van der Waals surface area contributed by atoms with Crippen LogP contribution >= 0.6 is 0 Å². The number of hydrogen-bond acceptors (Lipinski definition) is 4. The molecule has 3 amide bonds. The van der Waals surface area contributed by atoms with E-state index in [4.69, 9.17) is 9.47 Å². The Kier molecular flexibility index (Phi) is 12.3. The van der Waals surface area contributed by atoms with Crippen molar-refractivity contribution in [1.82, 2.24) is 15.5 Å². The predicted molar refractivity (Wildman–Crippen MR) is 160 cm³/mol. The Balaban J connectivity index is 1.64. The highest BCUT2D eigenvalue weighted by Gasteiger charge is 2.27. The summed E-state index contributed by atoms with van der Waals surface area (Å²) in [5, 5.41) is 6.24. The van der Waals surface area contributed by atoms with Crippen molar-refractivity contribution in [3.8, 4) is 5.75 Å². The third-order valence-corrected chi connectivity index (χ3v) is 6.93. The summed E-state index contributed by atoms with van der Waals surface area (Å²) < 4.78 is 12.0. The van der Waals surface area contributed by atoms with E-state index in [1.54, 1.807) is 0 Å². The predicted octanol–water partition coefficient (Wildman–Crippen LogP) is 6.11. The van der Waals surface area contributed by atoms with Gasteiger partial charge in [0.25, 0.3) is 0 Å². The topological polar surface area (TPSA) is 79.9 Å². The molecular formula is C33H49N3O4. The lowest BCUT2D eigenvalue weighted by Crippen LogP contribution is -2.54. The van der Waals surface area contributed by atoms with Gasteiger partial charge in [-0.1, -0.05) is 69.2 Å². The number of carbonyl (C=O) groups excluding carboxylic acids is 2. The molecule has 2 atom stereocenters. The molecule has 1 saturated heterocycles. The minimum Gasteiger partial charge on any atom is -0.489 e. The van der Waals surface area contributed by atoms with Crippen LogP contribution in [-0.2, 0) is 22.6 Å². The van der Waals surface area contributed by atoms with Crippen LogP contribution in [-0.4, -0.2) is 54.2 Å². The maximum absolute atomic E-state index is 13.5. The summed E-state index contributed by atoms with van der Waals surface area (Å²) in [6, 6.07) is 17.1. The van der Waals surface area contributed by atoms with Crippen LogP contribution in [0.5, 0.6) is 5.75 Å². The number of nitrogens with one attached hydrogen (secondary N) is 2. The minimum atomic E-state index is -0.596. The maximum Gasteiger partial charge on any atom is 0.318 e. The van der Waals surface area contributed by atoms with Gasteiger partial charge in [0.1, 0.15) is 18.4 Å². The Hall–Kier alpha value is -3.06. The van der Waals surface area contributed by atoms with Crippen molar-refractivity contribution in [2.75, 3.05) is 19.7 Å². The van der Waals surface area contributed by atoms with Gasteiger partial charge in [0, 0.05) is 13.1 Å². The smallest absolute Gasteiger partial charge is 0.318 e. The van der Waals surface area contributed by atoms with Crippen molar-refractivity contribution in [2.45, 2.75) is 97.4 Å². The Morgan fingerprint density at radius 2 is 1.52 bits per heavy atom. The molecule has 1 heterocycles. The summed E-state index contributed by atoms with van der Waals surface area (Å²) in [5.74, 6) is 0.891. The quantitative estimate of drug-likeness (QED) is 0.334. The van der Waals surface area contributed by atoms with Crippen LogP contribution in [0.25, 0.3) is 0 Å². The van der Waals surface area contributed by atoms with Crippen molar-refractivity contribution in [3.63, 3.8) is 0 Å². The number of rotatable bonds is 12. The van der Waals surface area contributed by atoms with E-state index in [1.165, 1.54) is 0 Å². The molecule has 0 aliphatic carbocycles. The third-order valence-electron chi connectivity index (χ3n) is 6.93. The van der Waals surface area contributed by atoms with E-state index in [0.29, 0.717) is 26.1 Å². The molecule has 220 valence electrons. The molecule has 0 bridgehead atoms. The van der Waals surface area contributed by atoms with Gasteiger partial charge in [0.15, 0.2) is 0 Å². The molecular weight excluding hydrogens is 502 g/mol. The van der Waals surface area contributed by atoms with Gasteiger partial charge in [-0.15, -0.1) is 0 Å². The lowest BCUT2D eigenvalue weighted by Gasteiger charge is -2.29. The molecule has 1 fully saturated rings. The van der Waals surface area contributed by atoms with Gasteiger partial charge in [-0.2, -0.15) is 0 Å². The summed E-state index contributed by atoms with van der Waals surface area (Å²) in [5.41, 5.74) is 1.85. The largest absolute Gasteiger partial charge is 0.489 e. The van der Waals surface area contributed by atoms with Crippen LogP contribution in [0.3, 0.4) is 0 Å². The first kappa shape index (κ1) is 31.5. The highest BCUT2D eigenvalue weighted by atomic mass is 16.5. The van der Waals surface area contributed by atoms with Crippen LogP contribution in [0.2, 0.25) is 0 Å². The molecule has 7 nitrogen and oxygen atoms in total. The van der Waals surface area contributed by atoms with Crippen molar-refractivity contribution in [1.29, 1.82) is 0 Å². The van der Waals surface area contributed by atoms with E-state index in [9.17, 15) is 9.59 Å². The molecule has 40 heavy (non-hydrogen) atoms. The maximum atomic E-state index is 13.5. The molecule has 0 spiro atoms. The Labute approximate surface area is 241 Å². The minimum absolute atomic E-state index is 0.142. The van der Waals surface area contributed by atoms with E-state index in [0.717, 1.165) is 55.6 Å². The Morgan fingerprint density at radius 3 is 2.12 bits per heavy atom. The monoisotopic (exact) mass is 551 g/mol. The standard InChI is InChI=1S/C33H49N3O4/c1-25(2)21-30(35-32(38)36-19-11-6-7-12-20-36)31(37)34-28(24-40-33(3,4)5)22-26-15-17-29(18-16-26)39-23-27-13-9-8-10-14-27/h8-10,13-18,25,28,30H,6-7,11-12,19-24H2,1-5H3,(H,34,37)(H,35,38). The van der Waals surface area contributed by atoms with Gasteiger partial charge < -0.3 is 25.0 Å². The Bertz CT molecular complexity index is 1030. The van der Waals surface area contributed by atoms with Crippen molar-refractivity contribution in [2.24, 2.45) is 5.92 Å². The number of carbonyl (C=O) groups is 2. The molecule has 1 aliphatic rings. The fourth-order valence-electron chi connectivity index (χ4n) is 4.77. The number of hydrogen-bond donors (Lipinski definition) is 2. The van der Waals surface area contributed by atoms with E-state index in [-0.39, 0.29) is 29.5 Å². The zero-order valence-electron chi connectivity index (χ0n) is 25.1. The van der Waals surface area contributed by atoms with Crippen LogP contribution in [0.4, 0.5) is 4.79 Å². The Morgan fingerprint density at radius 1 is 0.875 bits per heavy atom. The van der Waals surface area contributed by atoms with Gasteiger partial charge >= 0.3 is 6.03 Å². The third kappa shape index (κ3) is 11.6. The van der Waals surface area contributed by atoms with Crippen molar-refractivity contribution in [3.05, 3.63) is 65.7 Å². The normalized spacial score (nSPS) is 15.7. The number of urea groups is 1. The second kappa shape index (κ2) is 15.7. The van der Waals surface area contributed by atoms with E-state index >= 15 is 0 Å². The van der Waals surface area contributed by atoms with Crippen LogP contribution in [0, 0.1) is 5.92 Å². The molecule has 2 unspecified atom stereocenters. The van der Waals surface area contributed by atoms with E-state index in [1.807, 2.05) is 80.3 Å². The molecule has 0 radical (unpaired) electrons. The molecule has 1 aliphatic heterocycles. The van der Waals surface area contributed by atoms with Crippen LogP contribution in [0.15, 0.2) is 54.6 Å². The number of likely N-dealkylation sites (tertiary alicyclic amines) is 1. The number of nitrogens with zero attached hydrogens (tertiary/aromatic N) is 1. The first-order valence-electron chi connectivity index (χ1n) is 14.8. The van der Waals surface area contributed by atoms with Crippen LogP contribution < -0.4 is 15.4 Å². The van der Waals surface area contributed by atoms with Gasteiger partial charge in [-0.25, -0.2) is 4.79 Å². The van der Waals surface area contributed by atoms with Crippen molar-refractivity contribution < 1.29 is 19.1 Å². The highest BCUT2D eigenvalue weighted by molar-refractivity contribution is 5.87. The molecule has 2 aromatic rings. The summed E-state index contributed by atoms with van der Waals surface area (Å²) >= 11 is 0. The lowest BCUT2D eigenvalue weighted by atomic mass is 10.0. The van der Waals surface area contributed by atoms with Crippen molar-refractivity contribution >= 4 is 11.9 Å². The summed E-state index contributed by atoms with van der Waals surface area (Å²) in [4.78, 5) is 28.5. The fraction of sp³-hybridized carbons (Fsp3) is 0.576. The summed E-state index contributed by atoms with van der Waals surface area (Å²) in [6.45, 7) is 12.5. The second-order valence-corrected chi connectivity index (χ2v) is 12.3.